The molecule has 0 aliphatic heterocycles. The van der Waals surface area contributed by atoms with Crippen LogP contribution in [0.1, 0.15) is 20.8 Å². The maximum Gasteiger partial charge on any atom is 0.0373 e. The van der Waals surface area contributed by atoms with Crippen molar-refractivity contribution in [1.82, 2.24) is 4.90 Å². The van der Waals surface area contributed by atoms with Gasteiger partial charge in [0.15, 0.2) is 0 Å². The largest absolute Gasteiger partial charge is 0.370 e. The van der Waals surface area contributed by atoms with Crippen LogP contribution in [-0.2, 0) is 0 Å². The standard InChI is InChI=1S/C10H17N/c1-7-8-9(2)11(6)10(3,4)5/h8H,1-2H2,3-6H3. The number of nitrogens with zero attached hydrogens (tertiary/aromatic N) is 1. The molecule has 0 aliphatic carbocycles. The Balaban J connectivity index is 4.37. The molecular formula is C10H17N. The molecule has 0 atom stereocenters. The smallest absolute Gasteiger partial charge is 0.0373 e. The van der Waals surface area contributed by atoms with E-state index in [2.05, 4.69) is 44.6 Å². The van der Waals surface area contributed by atoms with Crippen molar-refractivity contribution in [2.24, 2.45) is 0 Å². The second-order valence-electron chi connectivity index (χ2n) is 3.57. The monoisotopic (exact) mass is 151 g/mol. The van der Waals surface area contributed by atoms with Crippen molar-refractivity contribution in [2.75, 3.05) is 7.05 Å². The first kappa shape index (κ1) is 10.1. The molecule has 0 aromatic rings. The van der Waals surface area contributed by atoms with Gasteiger partial charge in [0.25, 0.3) is 0 Å². The van der Waals surface area contributed by atoms with E-state index in [1.165, 1.54) is 0 Å². The number of likely N-dealkylation sites (N-methyl/N-ethyl adjacent to an activating group) is 1. The van der Waals surface area contributed by atoms with Crippen LogP contribution in [-0.4, -0.2) is 17.5 Å². The van der Waals surface area contributed by atoms with Gasteiger partial charge < -0.3 is 4.90 Å². The SMILES string of the molecule is C=C=CC(=C)N(C)C(C)(C)C. The summed E-state index contributed by atoms with van der Waals surface area (Å²) in [6.07, 6.45) is 1.78. The summed E-state index contributed by atoms with van der Waals surface area (Å²) in [6, 6.07) is 0. The normalized spacial score (nSPS) is 10.2. The van der Waals surface area contributed by atoms with Crippen LogP contribution in [0.25, 0.3) is 0 Å². The number of hydrogen-bond acceptors (Lipinski definition) is 1. The van der Waals surface area contributed by atoms with Crippen LogP contribution in [0.4, 0.5) is 0 Å². The molecule has 0 aromatic carbocycles. The second-order valence-corrected chi connectivity index (χ2v) is 3.57. The highest BCUT2D eigenvalue weighted by atomic mass is 15.2. The number of allylic oxidation sites excluding steroid dienone is 1. The van der Waals surface area contributed by atoms with Gasteiger partial charge in [-0.25, -0.2) is 0 Å². The summed E-state index contributed by atoms with van der Waals surface area (Å²) in [5.74, 6) is 0. The Kier molecular flexibility index (Phi) is 3.16. The van der Waals surface area contributed by atoms with Gasteiger partial charge in [-0.3, -0.25) is 0 Å². The zero-order valence-electron chi connectivity index (χ0n) is 7.94. The Bertz CT molecular complexity index is 189. The lowest BCUT2D eigenvalue weighted by molar-refractivity contribution is 0.236. The van der Waals surface area contributed by atoms with Gasteiger partial charge in [0.05, 0.1) is 0 Å². The van der Waals surface area contributed by atoms with Crippen LogP contribution >= 0.6 is 0 Å². The summed E-state index contributed by atoms with van der Waals surface area (Å²) in [5.41, 5.74) is 3.76. The van der Waals surface area contributed by atoms with Crippen molar-refractivity contribution in [2.45, 2.75) is 26.3 Å². The molecule has 0 bridgehead atoms. The van der Waals surface area contributed by atoms with Gasteiger partial charge in [0.1, 0.15) is 0 Å². The molecule has 0 saturated carbocycles. The van der Waals surface area contributed by atoms with Crippen molar-refractivity contribution in [1.29, 1.82) is 0 Å². The molecule has 0 spiro atoms. The van der Waals surface area contributed by atoms with Crippen molar-refractivity contribution >= 4 is 0 Å². The molecule has 0 radical (unpaired) electrons. The number of hydrogen-bond donors (Lipinski definition) is 0. The maximum atomic E-state index is 3.88. The van der Waals surface area contributed by atoms with Crippen LogP contribution in [0.15, 0.2) is 30.7 Å². The molecule has 1 nitrogen and oxygen atoms in total. The Hall–Kier alpha value is -0.940. The Morgan fingerprint density at radius 3 is 2.18 bits per heavy atom. The van der Waals surface area contributed by atoms with Crippen molar-refractivity contribution in [3.05, 3.63) is 30.7 Å². The zero-order valence-corrected chi connectivity index (χ0v) is 7.94. The summed E-state index contributed by atoms with van der Waals surface area (Å²) in [5, 5.41) is 0. The van der Waals surface area contributed by atoms with Crippen molar-refractivity contribution < 1.29 is 0 Å². The molecule has 0 heterocycles. The minimum atomic E-state index is 0.116. The van der Waals surface area contributed by atoms with Crippen LogP contribution in [0.3, 0.4) is 0 Å². The van der Waals surface area contributed by atoms with E-state index in [1.807, 2.05) is 7.05 Å². The van der Waals surface area contributed by atoms with Gasteiger partial charge in [0, 0.05) is 24.4 Å². The van der Waals surface area contributed by atoms with Crippen LogP contribution in [0.5, 0.6) is 0 Å². The fourth-order valence-electron chi connectivity index (χ4n) is 0.645. The van der Waals surface area contributed by atoms with Gasteiger partial charge >= 0.3 is 0 Å². The Labute approximate surface area is 69.7 Å². The molecule has 0 unspecified atom stereocenters. The summed E-state index contributed by atoms with van der Waals surface area (Å²) >= 11 is 0. The van der Waals surface area contributed by atoms with Crippen molar-refractivity contribution in [3.63, 3.8) is 0 Å². The first-order chi connectivity index (χ1) is 4.89. The third kappa shape index (κ3) is 3.10. The molecule has 62 valence electrons. The minimum absolute atomic E-state index is 0.116. The topological polar surface area (TPSA) is 3.24 Å². The van der Waals surface area contributed by atoms with E-state index < -0.39 is 0 Å². The predicted molar refractivity (Wildman–Crippen MR) is 50.4 cm³/mol. The van der Waals surface area contributed by atoms with E-state index in [9.17, 15) is 0 Å². The van der Waals surface area contributed by atoms with Gasteiger partial charge in [-0.1, -0.05) is 13.2 Å². The predicted octanol–water partition coefficient (Wildman–Crippen LogP) is 2.57. The van der Waals surface area contributed by atoms with Gasteiger partial charge in [-0.15, -0.1) is 5.73 Å². The van der Waals surface area contributed by atoms with E-state index in [-0.39, 0.29) is 5.54 Å². The summed E-state index contributed by atoms with van der Waals surface area (Å²) in [6.45, 7) is 13.8. The lowest BCUT2D eigenvalue weighted by Gasteiger charge is -2.34. The highest BCUT2D eigenvalue weighted by Crippen LogP contribution is 2.15. The van der Waals surface area contributed by atoms with Gasteiger partial charge in [0.2, 0.25) is 0 Å². The first-order valence-corrected chi connectivity index (χ1v) is 3.68. The zero-order chi connectivity index (χ0) is 9.07. The van der Waals surface area contributed by atoms with E-state index in [1.54, 1.807) is 6.08 Å². The fourth-order valence-corrected chi connectivity index (χ4v) is 0.645. The van der Waals surface area contributed by atoms with E-state index in [0.717, 1.165) is 5.70 Å². The summed E-state index contributed by atoms with van der Waals surface area (Å²) in [7, 11) is 2.01. The summed E-state index contributed by atoms with van der Waals surface area (Å²) < 4.78 is 0. The van der Waals surface area contributed by atoms with Crippen LogP contribution in [0, 0.1) is 0 Å². The third-order valence-electron chi connectivity index (χ3n) is 1.71. The van der Waals surface area contributed by atoms with E-state index in [0.29, 0.717) is 0 Å². The molecule has 1 heteroatoms. The minimum Gasteiger partial charge on any atom is -0.370 e. The molecule has 0 fully saturated rings. The lowest BCUT2D eigenvalue weighted by atomic mass is 10.1. The van der Waals surface area contributed by atoms with Gasteiger partial charge in [-0.05, 0) is 20.8 Å². The Morgan fingerprint density at radius 1 is 1.45 bits per heavy atom. The molecule has 0 rings (SSSR count). The Morgan fingerprint density at radius 2 is 1.91 bits per heavy atom. The molecule has 0 aromatic heterocycles. The summed E-state index contributed by atoms with van der Waals surface area (Å²) in [4.78, 5) is 2.09. The quantitative estimate of drug-likeness (QED) is 0.433. The number of rotatable bonds is 2. The molecular weight excluding hydrogens is 134 g/mol. The van der Waals surface area contributed by atoms with Crippen LogP contribution < -0.4 is 0 Å². The first-order valence-electron chi connectivity index (χ1n) is 3.68. The average molecular weight is 151 g/mol. The van der Waals surface area contributed by atoms with Gasteiger partial charge in [-0.2, -0.15) is 0 Å². The van der Waals surface area contributed by atoms with E-state index >= 15 is 0 Å². The third-order valence-corrected chi connectivity index (χ3v) is 1.71. The average Bonchev–Trinajstić information content (AvgIpc) is 1.85. The highest BCUT2D eigenvalue weighted by Gasteiger charge is 2.16. The molecule has 0 saturated heterocycles. The lowest BCUT2D eigenvalue weighted by Crippen LogP contribution is -2.36. The van der Waals surface area contributed by atoms with E-state index in [4.69, 9.17) is 0 Å². The highest BCUT2D eigenvalue weighted by molar-refractivity contribution is 5.13. The van der Waals surface area contributed by atoms with Crippen molar-refractivity contribution in [3.8, 4) is 0 Å². The maximum absolute atomic E-state index is 3.88. The van der Waals surface area contributed by atoms with Crippen LogP contribution in [0.2, 0.25) is 0 Å². The fraction of sp³-hybridized carbons (Fsp3) is 0.500. The molecule has 0 aliphatic rings. The molecule has 0 amide bonds. The second kappa shape index (κ2) is 3.45. The molecule has 0 N–H and O–H groups in total. The molecule has 11 heavy (non-hydrogen) atoms.